The van der Waals surface area contributed by atoms with E-state index in [0.29, 0.717) is 19.8 Å². The van der Waals surface area contributed by atoms with Crippen molar-refractivity contribution in [2.75, 3.05) is 24.7 Å². The van der Waals surface area contributed by atoms with Gasteiger partial charge in [0.2, 0.25) is 5.91 Å². The third-order valence-corrected chi connectivity index (χ3v) is 6.12. The number of hydrogen-bond donors (Lipinski definition) is 0. The Hall–Kier alpha value is -3.18. The van der Waals surface area contributed by atoms with E-state index < -0.39 is 5.41 Å². The first-order chi connectivity index (χ1) is 13.5. The number of ether oxygens (including phenoxy) is 1. The van der Waals surface area contributed by atoms with Crippen LogP contribution >= 0.6 is 0 Å². The van der Waals surface area contributed by atoms with Gasteiger partial charge in [-0.2, -0.15) is 15.5 Å². The molecule has 3 aromatic heterocycles. The zero-order chi connectivity index (χ0) is 19.5. The molecular weight excluding hydrogens is 356 g/mol. The summed E-state index contributed by atoms with van der Waals surface area (Å²) in [6.45, 7) is 3.44. The van der Waals surface area contributed by atoms with Gasteiger partial charge in [-0.25, -0.2) is 4.52 Å². The molecule has 2 fully saturated rings. The fourth-order valence-corrected chi connectivity index (χ4v) is 4.42. The Labute approximate surface area is 161 Å². The van der Waals surface area contributed by atoms with Crippen molar-refractivity contribution in [1.29, 1.82) is 5.26 Å². The highest BCUT2D eigenvalue weighted by Crippen LogP contribution is 2.47. The lowest BCUT2D eigenvalue weighted by atomic mass is 9.68. The maximum Gasteiger partial charge on any atom is 0.248 e. The lowest BCUT2D eigenvalue weighted by Gasteiger charge is -2.38. The van der Waals surface area contributed by atoms with E-state index in [2.05, 4.69) is 16.3 Å². The summed E-state index contributed by atoms with van der Waals surface area (Å²) in [5.74, 6) is -0.242. The van der Waals surface area contributed by atoms with Gasteiger partial charge in [0.25, 0.3) is 0 Å². The fourth-order valence-electron chi connectivity index (χ4n) is 4.42. The molecule has 0 aliphatic carbocycles. The molecule has 2 aliphatic rings. The Morgan fingerprint density at radius 2 is 2.11 bits per heavy atom. The molecule has 0 saturated carbocycles. The molecule has 2 saturated heterocycles. The zero-order valence-corrected chi connectivity index (χ0v) is 15.7. The van der Waals surface area contributed by atoms with Gasteiger partial charge < -0.3 is 9.64 Å². The average Bonchev–Trinajstić information content (AvgIpc) is 3.32. The number of amides is 1. The number of nitrogens with zero attached hydrogens (tertiary/aromatic N) is 6. The third kappa shape index (κ3) is 2.17. The number of aromatic nitrogens is 4. The highest BCUT2D eigenvalue weighted by molar-refractivity contribution is 6.05. The van der Waals surface area contributed by atoms with Crippen LogP contribution in [0.25, 0.3) is 16.6 Å². The molecule has 0 unspecified atom stereocenters. The van der Waals surface area contributed by atoms with Gasteiger partial charge in [0.1, 0.15) is 5.41 Å². The minimum Gasteiger partial charge on any atom is -0.381 e. The first kappa shape index (κ1) is 17.0. The van der Waals surface area contributed by atoms with Crippen molar-refractivity contribution >= 4 is 17.1 Å². The summed E-state index contributed by atoms with van der Waals surface area (Å²) in [4.78, 5) is 15.2. The van der Waals surface area contributed by atoms with E-state index in [9.17, 15) is 10.1 Å². The van der Waals surface area contributed by atoms with Crippen LogP contribution in [0.5, 0.6) is 0 Å². The van der Waals surface area contributed by atoms with Gasteiger partial charge >= 0.3 is 0 Å². The van der Waals surface area contributed by atoms with Gasteiger partial charge in [-0.3, -0.25) is 9.48 Å². The minimum atomic E-state index is -1.02. The number of carbonyl (C=O) groups is 1. The summed E-state index contributed by atoms with van der Waals surface area (Å²) in [5, 5.41) is 18.6. The minimum absolute atomic E-state index is 0.0411. The van der Waals surface area contributed by atoms with E-state index in [4.69, 9.17) is 4.74 Å². The van der Waals surface area contributed by atoms with E-state index in [-0.39, 0.29) is 17.7 Å². The van der Waals surface area contributed by atoms with E-state index in [1.807, 2.05) is 38.5 Å². The van der Waals surface area contributed by atoms with Gasteiger partial charge in [-0.1, -0.05) is 6.92 Å². The smallest absolute Gasteiger partial charge is 0.248 e. The highest BCUT2D eigenvalue weighted by Gasteiger charge is 2.59. The van der Waals surface area contributed by atoms with Gasteiger partial charge in [0.05, 0.1) is 36.7 Å². The summed E-state index contributed by atoms with van der Waals surface area (Å²) in [7, 11) is 1.87. The second-order valence-electron chi connectivity index (χ2n) is 7.71. The number of anilines is 1. The van der Waals surface area contributed by atoms with Gasteiger partial charge in [0.15, 0.2) is 0 Å². The van der Waals surface area contributed by atoms with Crippen molar-refractivity contribution in [2.45, 2.75) is 6.92 Å². The number of rotatable bonds is 3. The van der Waals surface area contributed by atoms with Crippen LogP contribution < -0.4 is 4.90 Å². The van der Waals surface area contributed by atoms with Crippen molar-refractivity contribution < 1.29 is 9.53 Å². The van der Waals surface area contributed by atoms with Crippen molar-refractivity contribution in [2.24, 2.45) is 24.3 Å². The Morgan fingerprint density at radius 1 is 1.29 bits per heavy atom. The predicted octanol–water partition coefficient (Wildman–Crippen LogP) is 1.87. The Kier molecular flexibility index (Phi) is 3.58. The molecule has 5 heterocycles. The van der Waals surface area contributed by atoms with Gasteiger partial charge in [-0.05, 0) is 12.1 Å². The molecule has 8 nitrogen and oxygen atoms in total. The fraction of sp³-hybridized carbons (Fsp3) is 0.400. The number of aryl methyl sites for hydroxylation is 1. The Balaban J connectivity index is 1.59. The molecule has 2 atom stereocenters. The van der Waals surface area contributed by atoms with Crippen molar-refractivity contribution in [3.8, 4) is 17.2 Å². The molecule has 0 radical (unpaired) electrons. The van der Waals surface area contributed by atoms with E-state index in [1.165, 1.54) is 0 Å². The molecule has 0 aromatic carbocycles. The molecule has 3 aromatic rings. The molecule has 0 N–H and O–H groups in total. The normalized spacial score (nSPS) is 25.2. The van der Waals surface area contributed by atoms with Crippen LogP contribution in [0, 0.1) is 28.6 Å². The molecule has 5 rings (SSSR count). The molecular formula is C20H20N6O2. The standard InChI is InChI=1S/C20H20N6O2/c1-13-7-25(19(27)20(13,12-21)16-10-28-11-16)17-3-4-22-26-9-14(5-18(17)26)15-6-23-24(2)8-15/h3-6,8-9,13,16H,7,10-11H2,1-2H3/t13-,20+/m1/s1. The first-order valence-corrected chi connectivity index (χ1v) is 9.32. The lowest BCUT2D eigenvalue weighted by Crippen LogP contribution is -2.50. The van der Waals surface area contributed by atoms with Gasteiger partial charge in [-0.15, -0.1) is 0 Å². The monoisotopic (exact) mass is 376 g/mol. The number of fused-ring (bicyclic) bond motifs is 1. The van der Waals surface area contributed by atoms with E-state index in [1.54, 1.807) is 26.5 Å². The summed E-state index contributed by atoms with van der Waals surface area (Å²) < 4.78 is 8.81. The second-order valence-corrected chi connectivity index (χ2v) is 7.71. The molecule has 0 spiro atoms. The summed E-state index contributed by atoms with van der Waals surface area (Å²) >= 11 is 0. The Morgan fingerprint density at radius 3 is 2.75 bits per heavy atom. The van der Waals surface area contributed by atoms with Crippen molar-refractivity contribution in [1.82, 2.24) is 19.4 Å². The van der Waals surface area contributed by atoms with Gasteiger partial charge in [0, 0.05) is 55.1 Å². The predicted molar refractivity (Wildman–Crippen MR) is 101 cm³/mol. The van der Waals surface area contributed by atoms with E-state index in [0.717, 1.165) is 22.3 Å². The number of carbonyl (C=O) groups excluding carboxylic acids is 1. The maximum atomic E-state index is 13.4. The molecule has 2 aliphatic heterocycles. The molecule has 142 valence electrons. The summed E-state index contributed by atoms with van der Waals surface area (Å²) in [6.07, 6.45) is 7.35. The highest BCUT2D eigenvalue weighted by atomic mass is 16.5. The third-order valence-electron chi connectivity index (χ3n) is 6.12. The van der Waals surface area contributed by atoms with Crippen molar-refractivity contribution in [3.63, 3.8) is 0 Å². The largest absolute Gasteiger partial charge is 0.381 e. The second kappa shape index (κ2) is 5.91. The molecule has 28 heavy (non-hydrogen) atoms. The van der Waals surface area contributed by atoms with Crippen LogP contribution in [0.3, 0.4) is 0 Å². The molecule has 8 heteroatoms. The number of hydrogen-bond acceptors (Lipinski definition) is 5. The van der Waals surface area contributed by atoms with E-state index >= 15 is 0 Å². The van der Waals surface area contributed by atoms with Crippen LogP contribution in [0.2, 0.25) is 0 Å². The van der Waals surface area contributed by atoms with Crippen LogP contribution in [-0.2, 0) is 16.6 Å². The van der Waals surface area contributed by atoms with Crippen LogP contribution in [0.15, 0.2) is 36.9 Å². The topological polar surface area (TPSA) is 88.5 Å². The SMILES string of the molecule is C[C@@H]1CN(c2ccnn3cc(-c4cnn(C)c4)cc23)C(=O)[C@]1(C#N)C1COC1. The van der Waals surface area contributed by atoms with Crippen molar-refractivity contribution in [3.05, 3.63) is 36.9 Å². The summed E-state index contributed by atoms with van der Waals surface area (Å²) in [6, 6.07) is 6.21. The average molecular weight is 376 g/mol. The maximum absolute atomic E-state index is 13.4. The molecule has 0 bridgehead atoms. The molecule has 1 amide bonds. The van der Waals surface area contributed by atoms with Crippen LogP contribution in [-0.4, -0.2) is 45.1 Å². The zero-order valence-electron chi connectivity index (χ0n) is 15.7. The van der Waals surface area contributed by atoms with Crippen LogP contribution in [0.1, 0.15) is 6.92 Å². The first-order valence-electron chi connectivity index (χ1n) is 9.32. The lowest BCUT2D eigenvalue weighted by molar-refractivity contribution is -0.140. The number of nitriles is 1. The Bertz CT molecular complexity index is 1120. The van der Waals surface area contributed by atoms with Crippen LogP contribution in [0.4, 0.5) is 5.69 Å². The summed E-state index contributed by atoms with van der Waals surface area (Å²) in [5.41, 5.74) is 2.56. The quantitative estimate of drug-likeness (QED) is 0.696.